The standard InChI is InChI=1S/C28H35NO3/c1-17(30)28(32)14-12-25-22-10-7-19-15-21(31)16-24(18-5-8-20(9-6-18)29(3)4)26(19)23(22)11-13-27(25,28)2/h5-6,8-9,15,22,24-25,32H,7,10-14,16H2,1-4H3/t22-,24?,25+,27+,28+/m1/s1. The van der Waals surface area contributed by atoms with E-state index in [9.17, 15) is 14.7 Å². The van der Waals surface area contributed by atoms with Gasteiger partial charge < -0.3 is 10.0 Å². The van der Waals surface area contributed by atoms with Gasteiger partial charge in [-0.2, -0.15) is 0 Å². The van der Waals surface area contributed by atoms with Crippen molar-refractivity contribution in [2.75, 3.05) is 19.0 Å². The third-order valence-corrected chi connectivity index (χ3v) is 9.33. The molecule has 5 rings (SSSR count). The maximum atomic E-state index is 12.7. The van der Waals surface area contributed by atoms with Gasteiger partial charge in [0.1, 0.15) is 5.60 Å². The van der Waals surface area contributed by atoms with E-state index < -0.39 is 5.60 Å². The van der Waals surface area contributed by atoms with Gasteiger partial charge in [-0.3, -0.25) is 9.59 Å². The van der Waals surface area contributed by atoms with Crippen LogP contribution in [0.2, 0.25) is 0 Å². The summed E-state index contributed by atoms with van der Waals surface area (Å²) in [6.07, 6.45) is 7.64. The molecule has 1 aromatic carbocycles. The van der Waals surface area contributed by atoms with Crippen LogP contribution in [0.1, 0.15) is 70.3 Å². The molecular formula is C28H35NO3. The number of Topliss-reactive ketones (excluding diaryl/α,β-unsaturated/α-hetero) is 1. The molecule has 0 saturated heterocycles. The number of carbonyl (C=O) groups excluding carboxylic acids is 2. The first-order valence-electron chi connectivity index (χ1n) is 12.1. The number of aliphatic hydroxyl groups is 1. The van der Waals surface area contributed by atoms with Crippen LogP contribution in [0.3, 0.4) is 0 Å². The van der Waals surface area contributed by atoms with Crippen molar-refractivity contribution in [1.82, 2.24) is 0 Å². The maximum Gasteiger partial charge on any atom is 0.161 e. The van der Waals surface area contributed by atoms with E-state index in [4.69, 9.17) is 0 Å². The van der Waals surface area contributed by atoms with Crippen LogP contribution >= 0.6 is 0 Å². The minimum atomic E-state index is -1.19. The van der Waals surface area contributed by atoms with Crippen LogP contribution < -0.4 is 4.90 Å². The molecule has 1 aromatic rings. The Morgan fingerprint density at radius 2 is 1.81 bits per heavy atom. The zero-order valence-corrected chi connectivity index (χ0v) is 19.8. The van der Waals surface area contributed by atoms with E-state index in [1.54, 1.807) is 6.92 Å². The van der Waals surface area contributed by atoms with Gasteiger partial charge in [0.25, 0.3) is 0 Å². The van der Waals surface area contributed by atoms with E-state index in [1.807, 2.05) is 20.2 Å². The van der Waals surface area contributed by atoms with Crippen LogP contribution in [0.25, 0.3) is 0 Å². The molecule has 0 aliphatic heterocycles. The van der Waals surface area contributed by atoms with Crippen LogP contribution in [-0.4, -0.2) is 36.4 Å². The van der Waals surface area contributed by atoms with Crippen LogP contribution in [0.4, 0.5) is 5.69 Å². The van der Waals surface area contributed by atoms with E-state index >= 15 is 0 Å². The number of allylic oxidation sites excluding steroid dienone is 4. The van der Waals surface area contributed by atoms with Crippen molar-refractivity contribution in [3.8, 4) is 0 Å². The van der Waals surface area contributed by atoms with E-state index in [0.717, 1.165) is 37.8 Å². The smallest absolute Gasteiger partial charge is 0.161 e. The molecule has 170 valence electrons. The molecule has 1 N–H and O–H groups in total. The minimum Gasteiger partial charge on any atom is -0.382 e. The molecule has 4 aliphatic carbocycles. The molecule has 1 unspecified atom stereocenters. The van der Waals surface area contributed by atoms with Crippen LogP contribution in [0, 0.1) is 17.3 Å². The summed E-state index contributed by atoms with van der Waals surface area (Å²) in [6, 6.07) is 8.66. The van der Waals surface area contributed by atoms with Crippen LogP contribution in [0.15, 0.2) is 47.1 Å². The molecule has 0 radical (unpaired) electrons. The number of nitrogens with zero attached hydrogens (tertiary/aromatic N) is 1. The summed E-state index contributed by atoms with van der Waals surface area (Å²) >= 11 is 0. The van der Waals surface area contributed by atoms with Crippen molar-refractivity contribution < 1.29 is 14.7 Å². The normalized spacial score (nSPS) is 36.2. The van der Waals surface area contributed by atoms with Crippen molar-refractivity contribution in [2.24, 2.45) is 17.3 Å². The number of hydrogen-bond donors (Lipinski definition) is 1. The number of carbonyl (C=O) groups is 2. The molecule has 0 bridgehead atoms. The largest absolute Gasteiger partial charge is 0.382 e. The highest BCUT2D eigenvalue weighted by atomic mass is 16.3. The van der Waals surface area contributed by atoms with Gasteiger partial charge in [-0.15, -0.1) is 0 Å². The topological polar surface area (TPSA) is 57.6 Å². The Bertz CT molecular complexity index is 1030. The number of benzene rings is 1. The third-order valence-electron chi connectivity index (χ3n) is 9.33. The van der Waals surface area contributed by atoms with Gasteiger partial charge in [0, 0.05) is 37.5 Å². The molecule has 4 aliphatic rings. The highest BCUT2D eigenvalue weighted by molar-refractivity contribution is 5.94. The second-order valence-electron chi connectivity index (χ2n) is 10.9. The predicted octanol–water partition coefficient (Wildman–Crippen LogP) is 4.97. The van der Waals surface area contributed by atoms with Gasteiger partial charge in [0.05, 0.1) is 0 Å². The zero-order chi connectivity index (χ0) is 22.8. The summed E-state index contributed by atoms with van der Waals surface area (Å²) < 4.78 is 0. The Labute approximate surface area is 191 Å². The van der Waals surface area contributed by atoms with Gasteiger partial charge in [0.15, 0.2) is 11.6 Å². The van der Waals surface area contributed by atoms with Crippen molar-refractivity contribution in [3.05, 3.63) is 52.6 Å². The Hall–Kier alpha value is -2.20. The second-order valence-corrected chi connectivity index (χ2v) is 10.9. The lowest BCUT2D eigenvalue weighted by Gasteiger charge is -2.51. The second kappa shape index (κ2) is 7.41. The average Bonchev–Trinajstić information content (AvgIpc) is 3.05. The van der Waals surface area contributed by atoms with Crippen molar-refractivity contribution in [1.29, 1.82) is 0 Å². The lowest BCUT2D eigenvalue weighted by Crippen LogP contribution is -2.53. The molecular weight excluding hydrogens is 398 g/mol. The summed E-state index contributed by atoms with van der Waals surface area (Å²) in [7, 11) is 4.08. The van der Waals surface area contributed by atoms with Gasteiger partial charge in [-0.1, -0.05) is 24.6 Å². The Morgan fingerprint density at radius 3 is 2.47 bits per heavy atom. The number of hydrogen-bond acceptors (Lipinski definition) is 4. The highest BCUT2D eigenvalue weighted by Gasteiger charge is 2.63. The monoisotopic (exact) mass is 433 g/mol. The molecule has 0 heterocycles. The summed E-state index contributed by atoms with van der Waals surface area (Å²) in [5.74, 6) is 1.03. The maximum absolute atomic E-state index is 12.7. The van der Waals surface area contributed by atoms with Crippen LogP contribution in [0.5, 0.6) is 0 Å². The molecule has 0 aromatic heterocycles. The van der Waals surface area contributed by atoms with Crippen molar-refractivity contribution in [2.45, 2.75) is 70.3 Å². The van der Waals surface area contributed by atoms with Gasteiger partial charge >= 0.3 is 0 Å². The zero-order valence-electron chi connectivity index (χ0n) is 19.8. The Balaban J connectivity index is 1.57. The quantitative estimate of drug-likeness (QED) is 0.731. The average molecular weight is 434 g/mol. The molecule has 2 saturated carbocycles. The SMILES string of the molecule is CC(=O)[C@@]1(O)CC[C@H]2[C@@H]3CCC4=CC(=O)CC(c5ccc(N(C)C)cc5)C4=C3CC[C@@]21C. The predicted molar refractivity (Wildman–Crippen MR) is 127 cm³/mol. The van der Waals surface area contributed by atoms with E-state index in [2.05, 4.69) is 36.1 Å². The summed E-state index contributed by atoms with van der Waals surface area (Å²) in [5, 5.41) is 11.4. The van der Waals surface area contributed by atoms with Gasteiger partial charge in [-0.05, 0) is 92.2 Å². The number of ketones is 2. The molecule has 5 atom stereocenters. The summed E-state index contributed by atoms with van der Waals surface area (Å²) in [5.41, 5.74) is 4.99. The van der Waals surface area contributed by atoms with Gasteiger partial charge in [0.2, 0.25) is 0 Å². The minimum absolute atomic E-state index is 0.0721. The summed E-state index contributed by atoms with van der Waals surface area (Å²) in [4.78, 5) is 27.2. The molecule has 4 heteroatoms. The highest BCUT2D eigenvalue weighted by Crippen LogP contribution is 2.64. The lowest BCUT2D eigenvalue weighted by molar-refractivity contribution is -0.152. The fourth-order valence-electron chi connectivity index (χ4n) is 7.52. The first-order chi connectivity index (χ1) is 15.2. The molecule has 0 spiro atoms. The van der Waals surface area contributed by atoms with E-state index in [0.29, 0.717) is 24.7 Å². The number of fused-ring (bicyclic) bond motifs is 4. The first kappa shape index (κ1) is 21.6. The summed E-state index contributed by atoms with van der Waals surface area (Å²) in [6.45, 7) is 3.71. The van der Waals surface area contributed by atoms with E-state index in [-0.39, 0.29) is 22.9 Å². The van der Waals surface area contributed by atoms with Crippen LogP contribution in [-0.2, 0) is 9.59 Å². The fraction of sp³-hybridized carbons (Fsp3) is 0.571. The Kier molecular flexibility index (Phi) is 5.01. The lowest BCUT2D eigenvalue weighted by atomic mass is 9.53. The molecule has 32 heavy (non-hydrogen) atoms. The first-order valence-corrected chi connectivity index (χ1v) is 12.1. The third kappa shape index (κ3) is 2.98. The Morgan fingerprint density at radius 1 is 1.09 bits per heavy atom. The van der Waals surface area contributed by atoms with Crippen molar-refractivity contribution in [3.63, 3.8) is 0 Å². The molecule has 4 nitrogen and oxygen atoms in total. The molecule has 0 amide bonds. The van der Waals surface area contributed by atoms with Crippen molar-refractivity contribution >= 4 is 17.3 Å². The van der Waals surface area contributed by atoms with Gasteiger partial charge in [-0.25, -0.2) is 0 Å². The molecule has 2 fully saturated rings. The number of rotatable bonds is 3. The fourth-order valence-corrected chi connectivity index (χ4v) is 7.52. The number of anilines is 1. The van der Waals surface area contributed by atoms with E-state index in [1.165, 1.54) is 22.3 Å².